The highest BCUT2D eigenvalue weighted by molar-refractivity contribution is 8.01. The first kappa shape index (κ1) is 21.3. The fourth-order valence-corrected chi connectivity index (χ4v) is 9.23. The maximum Gasteiger partial charge on any atom is 0.238 e. The van der Waals surface area contributed by atoms with Crippen molar-refractivity contribution in [3.63, 3.8) is 0 Å². The molecule has 0 saturated heterocycles. The summed E-state index contributed by atoms with van der Waals surface area (Å²) in [7, 11) is 3.33. The molecule has 0 atom stereocenters. The molecule has 0 N–H and O–H groups in total. The van der Waals surface area contributed by atoms with Gasteiger partial charge < -0.3 is 4.90 Å². The number of thiazole rings is 1. The molecule has 0 unspecified atom stereocenters. The van der Waals surface area contributed by atoms with Crippen LogP contribution in [0.1, 0.15) is 29.9 Å². The number of aromatic nitrogens is 1. The number of fused-ring (bicyclic) bond motifs is 4. The van der Waals surface area contributed by atoms with E-state index in [2.05, 4.69) is 50.9 Å². The summed E-state index contributed by atoms with van der Waals surface area (Å²) >= 11 is 8.85. The van der Waals surface area contributed by atoms with E-state index < -0.39 is 5.54 Å². The predicted molar refractivity (Wildman–Crippen MR) is 139 cm³/mol. The molecule has 5 rings (SSSR count). The average molecular weight is 501 g/mol. The summed E-state index contributed by atoms with van der Waals surface area (Å²) in [6.45, 7) is 8.47. The quantitative estimate of drug-likeness (QED) is 0.163. The lowest BCUT2D eigenvalue weighted by molar-refractivity contribution is -0.117. The lowest BCUT2D eigenvalue weighted by Gasteiger charge is -2.43. The summed E-state index contributed by atoms with van der Waals surface area (Å²) in [5, 5.41) is 0. The third kappa shape index (κ3) is 3.49. The highest BCUT2D eigenvalue weighted by Crippen LogP contribution is 2.52. The van der Waals surface area contributed by atoms with Crippen LogP contribution in [-0.4, -0.2) is 16.6 Å². The van der Waals surface area contributed by atoms with Gasteiger partial charge in [0, 0.05) is 11.1 Å². The number of thioether (sulfide) groups is 1. The lowest BCUT2D eigenvalue weighted by atomic mass is 9.86. The van der Waals surface area contributed by atoms with E-state index in [4.69, 9.17) is 12.2 Å². The van der Waals surface area contributed by atoms with Gasteiger partial charge in [0.05, 0.1) is 32.1 Å². The van der Waals surface area contributed by atoms with Gasteiger partial charge in [-0.2, -0.15) is 0 Å². The molecule has 0 saturated carbocycles. The second-order valence-corrected chi connectivity index (χ2v) is 13.2. The van der Waals surface area contributed by atoms with Crippen molar-refractivity contribution in [2.24, 2.45) is 0 Å². The minimum atomic E-state index is -0.451. The molecule has 2 aromatic carbocycles. The molecule has 1 aliphatic rings. The van der Waals surface area contributed by atoms with Crippen molar-refractivity contribution in [1.82, 2.24) is 4.98 Å². The molecular formula is C23H20N2OS5. The minimum absolute atomic E-state index is 0.0914. The third-order valence-corrected chi connectivity index (χ3v) is 11.2. The molecule has 158 valence electrons. The van der Waals surface area contributed by atoms with E-state index in [0.29, 0.717) is 5.75 Å². The molecule has 3 heterocycles. The summed E-state index contributed by atoms with van der Waals surface area (Å²) in [4.78, 5) is 21.5. The van der Waals surface area contributed by atoms with Crippen molar-refractivity contribution in [2.75, 3.05) is 10.7 Å². The van der Waals surface area contributed by atoms with Gasteiger partial charge >= 0.3 is 0 Å². The van der Waals surface area contributed by atoms with Crippen molar-refractivity contribution < 1.29 is 4.79 Å². The standard InChI is InChI=1S/C23H20N2OS5/c1-12-9-14-16(10-13(12)2)25(23(3,4)20-19(14)21(27)31-30-20)18(26)11-28-22-24-15-7-5-6-8-17(15)29-22/h5-10H,11H2,1-4H3. The highest BCUT2D eigenvalue weighted by atomic mass is 32.9. The van der Waals surface area contributed by atoms with E-state index in [9.17, 15) is 4.79 Å². The van der Waals surface area contributed by atoms with Crippen molar-refractivity contribution in [3.8, 4) is 11.1 Å². The summed E-state index contributed by atoms with van der Waals surface area (Å²) in [5.41, 5.74) is 6.11. The molecule has 0 radical (unpaired) electrons. The summed E-state index contributed by atoms with van der Waals surface area (Å²) in [5.74, 6) is 0.439. The van der Waals surface area contributed by atoms with Crippen molar-refractivity contribution in [2.45, 2.75) is 37.6 Å². The van der Waals surface area contributed by atoms with Gasteiger partial charge in [-0.05, 0) is 63.1 Å². The number of benzene rings is 2. The predicted octanol–water partition coefficient (Wildman–Crippen LogP) is 7.81. The van der Waals surface area contributed by atoms with Gasteiger partial charge in [-0.1, -0.05) is 56.8 Å². The van der Waals surface area contributed by atoms with E-state index in [0.717, 1.165) is 35.2 Å². The van der Waals surface area contributed by atoms with Crippen LogP contribution < -0.4 is 4.90 Å². The normalized spacial score (nSPS) is 14.5. The number of para-hydroxylation sites is 1. The van der Waals surface area contributed by atoms with Crippen LogP contribution in [-0.2, 0) is 10.3 Å². The Morgan fingerprint density at radius 1 is 1.16 bits per heavy atom. The van der Waals surface area contributed by atoms with E-state index >= 15 is 0 Å². The Hall–Kier alpha value is -1.58. The highest BCUT2D eigenvalue weighted by Gasteiger charge is 2.43. The fraction of sp³-hybridized carbons (Fsp3) is 0.261. The van der Waals surface area contributed by atoms with Crippen LogP contribution in [0.2, 0.25) is 0 Å². The van der Waals surface area contributed by atoms with Crippen LogP contribution in [0.15, 0.2) is 40.7 Å². The molecule has 0 aliphatic carbocycles. The molecule has 3 nitrogen and oxygen atoms in total. The van der Waals surface area contributed by atoms with E-state index in [1.165, 1.54) is 27.8 Å². The van der Waals surface area contributed by atoms with Crippen molar-refractivity contribution >= 4 is 77.8 Å². The van der Waals surface area contributed by atoms with Gasteiger partial charge in [0.1, 0.15) is 3.82 Å². The second-order valence-electron chi connectivity index (χ2n) is 8.14. The van der Waals surface area contributed by atoms with Crippen molar-refractivity contribution in [1.29, 1.82) is 0 Å². The number of hydrogen-bond acceptors (Lipinski definition) is 7. The first-order valence-electron chi connectivity index (χ1n) is 9.84. The van der Waals surface area contributed by atoms with Crippen LogP contribution in [0.25, 0.3) is 21.3 Å². The largest absolute Gasteiger partial charge is 0.301 e. The van der Waals surface area contributed by atoms with E-state index in [-0.39, 0.29) is 5.91 Å². The van der Waals surface area contributed by atoms with Gasteiger partial charge in [0.25, 0.3) is 0 Å². The Balaban J connectivity index is 1.54. The Bertz CT molecular complexity index is 1360. The van der Waals surface area contributed by atoms with Crippen LogP contribution in [0, 0.1) is 17.7 Å². The van der Waals surface area contributed by atoms with Crippen LogP contribution in [0.4, 0.5) is 5.69 Å². The molecule has 8 heteroatoms. The lowest BCUT2D eigenvalue weighted by Crippen LogP contribution is -2.48. The smallest absolute Gasteiger partial charge is 0.238 e. The molecule has 1 amide bonds. The van der Waals surface area contributed by atoms with Gasteiger partial charge in [0.2, 0.25) is 5.91 Å². The molecule has 0 fully saturated rings. The molecule has 4 aromatic rings. The van der Waals surface area contributed by atoms with Gasteiger partial charge in [-0.25, -0.2) is 4.98 Å². The average Bonchev–Trinajstić information content (AvgIpc) is 3.32. The molecule has 0 spiro atoms. The molecule has 0 bridgehead atoms. The van der Waals surface area contributed by atoms with E-state index in [1.807, 2.05) is 23.1 Å². The zero-order valence-corrected chi connectivity index (χ0v) is 21.6. The maximum absolute atomic E-state index is 13.6. The van der Waals surface area contributed by atoms with Gasteiger partial charge in [0.15, 0.2) is 4.34 Å². The maximum atomic E-state index is 13.6. The van der Waals surface area contributed by atoms with Crippen LogP contribution in [0.3, 0.4) is 0 Å². The number of aryl methyl sites for hydroxylation is 2. The monoisotopic (exact) mass is 500 g/mol. The summed E-state index contributed by atoms with van der Waals surface area (Å²) in [6.07, 6.45) is 0. The number of carbonyl (C=O) groups is 1. The topological polar surface area (TPSA) is 33.2 Å². The van der Waals surface area contributed by atoms with Crippen LogP contribution in [0.5, 0.6) is 0 Å². The van der Waals surface area contributed by atoms with E-state index in [1.54, 1.807) is 32.0 Å². The number of rotatable bonds is 3. The Labute approximate surface area is 202 Å². The Kier molecular flexibility index (Phi) is 5.34. The molecular weight excluding hydrogens is 481 g/mol. The molecule has 31 heavy (non-hydrogen) atoms. The first-order chi connectivity index (χ1) is 14.8. The minimum Gasteiger partial charge on any atom is -0.301 e. The van der Waals surface area contributed by atoms with Gasteiger partial charge in [-0.15, -0.1) is 11.3 Å². The zero-order chi connectivity index (χ0) is 21.9. The first-order valence-corrected chi connectivity index (χ1v) is 14.2. The molecule has 2 aromatic heterocycles. The Morgan fingerprint density at radius 3 is 2.68 bits per heavy atom. The number of amides is 1. The second kappa shape index (κ2) is 7.78. The zero-order valence-electron chi connectivity index (χ0n) is 17.5. The van der Waals surface area contributed by atoms with Crippen LogP contribution >= 0.6 is 56.0 Å². The number of nitrogens with zero attached hydrogens (tertiary/aromatic N) is 2. The number of carbonyl (C=O) groups excluding carboxylic acids is 1. The number of anilines is 1. The third-order valence-electron chi connectivity index (χ3n) is 5.71. The van der Waals surface area contributed by atoms with Crippen molar-refractivity contribution in [3.05, 3.63) is 56.2 Å². The fourth-order valence-electron chi connectivity index (χ4n) is 4.03. The SMILES string of the molecule is Cc1cc2c(cc1C)N(C(=O)CSc1nc3ccccc3s1)C(C)(C)c1ssc(=S)c1-2. The number of hydrogen-bond donors (Lipinski definition) is 0. The Morgan fingerprint density at radius 2 is 1.90 bits per heavy atom. The summed E-state index contributed by atoms with van der Waals surface area (Å²) in [6, 6.07) is 12.4. The molecule has 1 aliphatic heterocycles. The summed E-state index contributed by atoms with van der Waals surface area (Å²) < 4.78 is 2.99. The van der Waals surface area contributed by atoms with Gasteiger partial charge in [-0.3, -0.25) is 4.79 Å².